The van der Waals surface area contributed by atoms with Crippen molar-refractivity contribution in [3.63, 3.8) is 0 Å². The Hall–Kier alpha value is -4.20. The van der Waals surface area contributed by atoms with Crippen molar-refractivity contribution in [1.29, 1.82) is 5.26 Å². The lowest BCUT2D eigenvalue weighted by atomic mass is 9.97. The van der Waals surface area contributed by atoms with Crippen LogP contribution in [0.15, 0.2) is 47.0 Å². The Morgan fingerprint density at radius 1 is 1.19 bits per heavy atom. The van der Waals surface area contributed by atoms with Gasteiger partial charge in [0.15, 0.2) is 0 Å². The fraction of sp³-hybridized carbons (Fsp3) is 0.259. The van der Waals surface area contributed by atoms with Gasteiger partial charge >= 0.3 is 5.97 Å². The molecule has 5 rings (SSSR count). The number of aryl methyl sites for hydroxylation is 2. The van der Waals surface area contributed by atoms with Crippen LogP contribution in [0.3, 0.4) is 0 Å². The van der Waals surface area contributed by atoms with Gasteiger partial charge in [0, 0.05) is 40.3 Å². The second kappa shape index (κ2) is 10.4. The Labute approximate surface area is 217 Å². The maximum Gasteiger partial charge on any atom is 0.345 e. The highest BCUT2D eigenvalue weighted by molar-refractivity contribution is 7.13. The van der Waals surface area contributed by atoms with Crippen molar-refractivity contribution in [2.45, 2.75) is 20.5 Å². The van der Waals surface area contributed by atoms with Crippen LogP contribution < -0.4 is 9.64 Å². The minimum atomic E-state index is -0.990. The Morgan fingerprint density at radius 3 is 2.57 bits per heavy atom. The van der Waals surface area contributed by atoms with Crippen LogP contribution in [-0.2, 0) is 11.3 Å². The number of carboxylic acids is 1. The van der Waals surface area contributed by atoms with Gasteiger partial charge in [-0.15, -0.1) is 11.3 Å². The molecule has 9 nitrogen and oxygen atoms in total. The quantitative estimate of drug-likeness (QED) is 0.359. The van der Waals surface area contributed by atoms with Crippen molar-refractivity contribution < 1.29 is 23.9 Å². The predicted molar refractivity (Wildman–Crippen MR) is 138 cm³/mol. The zero-order chi connectivity index (χ0) is 25.9. The molecule has 0 unspecified atom stereocenters. The molecule has 1 aromatic carbocycles. The minimum Gasteiger partial charge on any atom is -0.477 e. The molecule has 4 aromatic rings. The SMILES string of the molecule is Cc1noc(C)c1-c1cc(-c2ccc(N3CCOCC3)cc2)nc(OCc2ccc(C(=O)O)s2)c1C#N. The molecule has 0 atom stereocenters. The summed E-state index contributed by atoms with van der Waals surface area (Å²) >= 11 is 1.12. The van der Waals surface area contributed by atoms with Gasteiger partial charge in [-0.2, -0.15) is 5.26 Å². The van der Waals surface area contributed by atoms with Crippen molar-refractivity contribution in [1.82, 2.24) is 10.1 Å². The molecule has 0 saturated carbocycles. The first kappa shape index (κ1) is 24.5. The summed E-state index contributed by atoms with van der Waals surface area (Å²) in [6, 6.07) is 15.4. The molecule has 1 N–H and O–H groups in total. The van der Waals surface area contributed by atoms with Gasteiger partial charge in [-0.3, -0.25) is 0 Å². The van der Waals surface area contributed by atoms with E-state index in [4.69, 9.17) is 19.0 Å². The molecule has 0 aliphatic carbocycles. The van der Waals surface area contributed by atoms with Crippen LogP contribution in [0.5, 0.6) is 5.88 Å². The van der Waals surface area contributed by atoms with E-state index in [9.17, 15) is 15.2 Å². The van der Waals surface area contributed by atoms with E-state index in [-0.39, 0.29) is 22.9 Å². The maximum absolute atomic E-state index is 11.2. The molecule has 1 saturated heterocycles. The van der Waals surface area contributed by atoms with Crippen molar-refractivity contribution in [3.8, 4) is 34.3 Å². The molecule has 0 amide bonds. The minimum absolute atomic E-state index is 0.0834. The van der Waals surface area contributed by atoms with E-state index < -0.39 is 5.97 Å². The zero-order valence-corrected chi connectivity index (χ0v) is 21.2. The number of anilines is 1. The Kier molecular flexibility index (Phi) is 6.90. The number of carboxylic acid groups (broad SMARTS) is 1. The van der Waals surface area contributed by atoms with Crippen LogP contribution in [0.2, 0.25) is 0 Å². The van der Waals surface area contributed by atoms with Gasteiger partial charge in [0.1, 0.15) is 28.9 Å². The summed E-state index contributed by atoms with van der Waals surface area (Å²) in [6.07, 6.45) is 0. The van der Waals surface area contributed by atoms with E-state index in [1.54, 1.807) is 13.0 Å². The van der Waals surface area contributed by atoms with Crippen LogP contribution in [0, 0.1) is 25.2 Å². The maximum atomic E-state index is 11.2. The molecule has 0 spiro atoms. The molecular weight excluding hydrogens is 492 g/mol. The van der Waals surface area contributed by atoms with Crippen LogP contribution >= 0.6 is 11.3 Å². The third-order valence-corrected chi connectivity index (χ3v) is 7.21. The van der Waals surface area contributed by atoms with E-state index in [1.165, 1.54) is 6.07 Å². The van der Waals surface area contributed by atoms with E-state index in [2.05, 4.69) is 28.3 Å². The van der Waals surface area contributed by atoms with E-state index in [1.807, 2.05) is 25.1 Å². The molecule has 1 aliphatic heterocycles. The van der Waals surface area contributed by atoms with Crippen LogP contribution in [0.1, 0.15) is 31.6 Å². The molecule has 10 heteroatoms. The first-order chi connectivity index (χ1) is 17.9. The average Bonchev–Trinajstić information content (AvgIpc) is 3.53. The van der Waals surface area contributed by atoms with Crippen LogP contribution in [0.25, 0.3) is 22.4 Å². The Balaban J connectivity index is 1.54. The molecule has 4 heterocycles. The summed E-state index contributed by atoms with van der Waals surface area (Å²) in [7, 11) is 0. The molecule has 1 aliphatic rings. The van der Waals surface area contributed by atoms with Gasteiger partial charge in [-0.1, -0.05) is 17.3 Å². The number of aromatic nitrogens is 2. The van der Waals surface area contributed by atoms with Gasteiger partial charge < -0.3 is 24.0 Å². The van der Waals surface area contributed by atoms with Crippen molar-refractivity contribution in [2.75, 3.05) is 31.2 Å². The lowest BCUT2D eigenvalue weighted by molar-refractivity contribution is 0.0702. The lowest BCUT2D eigenvalue weighted by Crippen LogP contribution is -2.36. The normalized spacial score (nSPS) is 13.4. The van der Waals surface area contributed by atoms with Crippen molar-refractivity contribution in [3.05, 3.63) is 69.2 Å². The summed E-state index contributed by atoms with van der Waals surface area (Å²) in [4.78, 5) is 19.2. The molecule has 3 aromatic heterocycles. The van der Waals surface area contributed by atoms with Gasteiger partial charge in [0.25, 0.3) is 0 Å². The fourth-order valence-electron chi connectivity index (χ4n) is 4.32. The molecule has 1 fully saturated rings. The third kappa shape index (κ3) is 5.05. The van der Waals surface area contributed by atoms with Crippen molar-refractivity contribution in [2.24, 2.45) is 0 Å². The number of thiophene rings is 1. The number of nitriles is 1. The number of rotatable bonds is 7. The van der Waals surface area contributed by atoms with E-state index in [0.29, 0.717) is 40.8 Å². The molecule has 37 heavy (non-hydrogen) atoms. The highest BCUT2D eigenvalue weighted by atomic mass is 32.1. The van der Waals surface area contributed by atoms with Crippen molar-refractivity contribution >= 4 is 23.0 Å². The third-order valence-electron chi connectivity index (χ3n) is 6.16. The first-order valence-corrected chi connectivity index (χ1v) is 12.5. The summed E-state index contributed by atoms with van der Waals surface area (Å²) in [5, 5.41) is 23.4. The number of pyridine rings is 1. The smallest absolute Gasteiger partial charge is 0.345 e. The average molecular weight is 517 g/mol. The van der Waals surface area contributed by atoms with Gasteiger partial charge in [0.2, 0.25) is 5.88 Å². The molecule has 0 radical (unpaired) electrons. The highest BCUT2D eigenvalue weighted by Crippen LogP contribution is 2.37. The summed E-state index contributed by atoms with van der Waals surface area (Å²) in [5.74, 6) is -0.239. The van der Waals surface area contributed by atoms with Gasteiger partial charge in [0.05, 0.1) is 24.6 Å². The Bertz CT molecular complexity index is 1460. The number of ether oxygens (including phenoxy) is 2. The fourth-order valence-corrected chi connectivity index (χ4v) is 5.08. The number of hydrogen-bond donors (Lipinski definition) is 1. The van der Waals surface area contributed by atoms with E-state index >= 15 is 0 Å². The largest absolute Gasteiger partial charge is 0.477 e. The number of nitrogens with zero attached hydrogens (tertiary/aromatic N) is 4. The zero-order valence-electron chi connectivity index (χ0n) is 20.4. The van der Waals surface area contributed by atoms with Gasteiger partial charge in [-0.25, -0.2) is 9.78 Å². The summed E-state index contributed by atoms with van der Waals surface area (Å²) in [5.41, 5.74) is 4.86. The number of morpholine rings is 1. The van der Waals surface area contributed by atoms with Gasteiger partial charge in [-0.05, 0) is 44.2 Å². The summed E-state index contributed by atoms with van der Waals surface area (Å²) < 4.78 is 16.9. The lowest BCUT2D eigenvalue weighted by Gasteiger charge is -2.28. The van der Waals surface area contributed by atoms with Crippen LogP contribution in [-0.4, -0.2) is 47.5 Å². The number of hydrogen-bond acceptors (Lipinski definition) is 9. The topological polar surface area (TPSA) is 122 Å². The standard InChI is InChI=1S/C27H24N4O5S/c1-16-25(17(2)36-30-16)21-13-23(18-3-5-19(6-4-18)31-9-11-34-12-10-31)29-26(22(21)14-28)35-15-20-7-8-24(37-20)27(32)33/h3-8,13H,9-12,15H2,1-2H3,(H,32,33). The number of carbonyl (C=O) groups is 1. The first-order valence-electron chi connectivity index (χ1n) is 11.7. The summed E-state index contributed by atoms with van der Waals surface area (Å²) in [6.45, 7) is 6.80. The predicted octanol–water partition coefficient (Wildman–Crippen LogP) is 5.07. The Morgan fingerprint density at radius 2 is 1.95 bits per heavy atom. The molecular formula is C27H24N4O5S. The number of aromatic carboxylic acids is 1. The second-order valence-electron chi connectivity index (χ2n) is 8.55. The molecule has 188 valence electrons. The highest BCUT2D eigenvalue weighted by Gasteiger charge is 2.22. The molecule has 0 bridgehead atoms. The van der Waals surface area contributed by atoms with E-state index in [0.717, 1.165) is 41.2 Å². The second-order valence-corrected chi connectivity index (χ2v) is 9.72. The van der Waals surface area contributed by atoms with Crippen LogP contribution in [0.4, 0.5) is 5.69 Å². The number of benzene rings is 1. The monoisotopic (exact) mass is 516 g/mol.